The van der Waals surface area contributed by atoms with Crippen LogP contribution in [0.25, 0.3) is 0 Å². The zero-order valence-electron chi connectivity index (χ0n) is 9.52. The number of hydrogen-bond acceptors (Lipinski definition) is 3. The van der Waals surface area contributed by atoms with Crippen molar-refractivity contribution in [3.8, 4) is 5.75 Å². The number of benzene rings is 1. The third kappa shape index (κ3) is 3.11. The van der Waals surface area contributed by atoms with E-state index in [1.807, 2.05) is 12.1 Å². The van der Waals surface area contributed by atoms with Crippen LogP contribution in [0.3, 0.4) is 0 Å². The largest absolute Gasteiger partial charge is 0.488 e. The van der Waals surface area contributed by atoms with E-state index in [2.05, 4.69) is 0 Å². The van der Waals surface area contributed by atoms with E-state index < -0.39 is 5.97 Å². The number of hydrogen-bond donors (Lipinski definition) is 1. The first-order valence-corrected chi connectivity index (χ1v) is 5.78. The number of carboxylic acid groups (broad SMARTS) is 1. The van der Waals surface area contributed by atoms with E-state index in [4.69, 9.17) is 21.4 Å². The summed E-state index contributed by atoms with van der Waals surface area (Å²) < 4.78 is 5.72. The van der Waals surface area contributed by atoms with Gasteiger partial charge in [0.25, 0.3) is 0 Å². The van der Waals surface area contributed by atoms with Crippen molar-refractivity contribution in [3.05, 3.63) is 28.8 Å². The van der Waals surface area contributed by atoms with Crippen molar-refractivity contribution in [1.29, 1.82) is 0 Å². The van der Waals surface area contributed by atoms with Gasteiger partial charge in [0, 0.05) is 18.0 Å². The molecular formula is C12H14ClNO3. The average Bonchev–Trinajstić information content (AvgIpc) is 2.57. The Kier molecular flexibility index (Phi) is 3.54. The van der Waals surface area contributed by atoms with Crippen LogP contribution in [0, 0.1) is 0 Å². The zero-order valence-corrected chi connectivity index (χ0v) is 10.3. The van der Waals surface area contributed by atoms with Crippen LogP contribution in [0.1, 0.15) is 5.56 Å². The Hall–Kier alpha value is -1.26. The number of nitrogens with zero attached hydrogens (tertiary/aromatic N) is 1. The lowest BCUT2D eigenvalue weighted by atomic mass is 10.1. The van der Waals surface area contributed by atoms with Crippen molar-refractivity contribution in [2.24, 2.45) is 0 Å². The molecule has 0 saturated carbocycles. The number of rotatable bonds is 4. The molecule has 1 aromatic carbocycles. The molecule has 0 fully saturated rings. The first kappa shape index (κ1) is 12.2. The SMILES string of the molecule is CN(CC(=O)O)CC1Cc2cc(Cl)ccc2O1. The van der Waals surface area contributed by atoms with Gasteiger partial charge in [-0.25, -0.2) is 0 Å². The second kappa shape index (κ2) is 4.94. The highest BCUT2D eigenvalue weighted by Crippen LogP contribution is 2.31. The van der Waals surface area contributed by atoms with Crippen molar-refractivity contribution in [2.45, 2.75) is 12.5 Å². The number of carbonyl (C=O) groups is 1. The number of ether oxygens (including phenoxy) is 1. The fraction of sp³-hybridized carbons (Fsp3) is 0.417. The minimum atomic E-state index is -0.828. The van der Waals surface area contributed by atoms with Gasteiger partial charge < -0.3 is 9.84 Å². The first-order valence-electron chi connectivity index (χ1n) is 5.40. The molecule has 1 N–H and O–H groups in total. The fourth-order valence-corrected chi connectivity index (χ4v) is 2.23. The number of aliphatic carboxylic acids is 1. The molecule has 0 aliphatic carbocycles. The van der Waals surface area contributed by atoms with Crippen molar-refractivity contribution < 1.29 is 14.6 Å². The Balaban J connectivity index is 1.94. The van der Waals surface area contributed by atoms with Gasteiger partial charge in [0.2, 0.25) is 0 Å². The van der Waals surface area contributed by atoms with Crippen LogP contribution in [-0.2, 0) is 11.2 Å². The molecule has 92 valence electrons. The lowest BCUT2D eigenvalue weighted by molar-refractivity contribution is -0.138. The summed E-state index contributed by atoms with van der Waals surface area (Å²) in [6, 6.07) is 5.55. The number of halogens is 1. The molecule has 5 heteroatoms. The molecule has 1 aliphatic heterocycles. The van der Waals surface area contributed by atoms with E-state index in [0.29, 0.717) is 11.6 Å². The van der Waals surface area contributed by atoms with E-state index in [-0.39, 0.29) is 12.6 Å². The summed E-state index contributed by atoms with van der Waals surface area (Å²) in [6.45, 7) is 0.621. The molecule has 2 rings (SSSR count). The van der Waals surface area contributed by atoms with Crippen LogP contribution in [-0.4, -0.2) is 42.2 Å². The smallest absolute Gasteiger partial charge is 0.317 e. The van der Waals surface area contributed by atoms with Crippen LogP contribution < -0.4 is 4.74 Å². The lowest BCUT2D eigenvalue weighted by Gasteiger charge is -2.18. The van der Waals surface area contributed by atoms with Gasteiger partial charge in [0.05, 0.1) is 6.54 Å². The zero-order chi connectivity index (χ0) is 12.4. The summed E-state index contributed by atoms with van der Waals surface area (Å²) in [6.07, 6.45) is 0.785. The van der Waals surface area contributed by atoms with E-state index in [1.165, 1.54) is 0 Å². The summed E-state index contributed by atoms with van der Waals surface area (Å²) in [5.41, 5.74) is 1.09. The van der Waals surface area contributed by atoms with E-state index in [1.54, 1.807) is 18.0 Å². The number of fused-ring (bicyclic) bond motifs is 1. The van der Waals surface area contributed by atoms with Crippen LogP contribution in [0.5, 0.6) is 5.75 Å². The third-order valence-electron chi connectivity index (χ3n) is 2.68. The van der Waals surface area contributed by atoms with Crippen LogP contribution in [0.15, 0.2) is 18.2 Å². The normalized spacial score (nSPS) is 17.9. The molecule has 1 aliphatic rings. The monoisotopic (exact) mass is 255 g/mol. The van der Waals surface area contributed by atoms with Crippen LogP contribution in [0.4, 0.5) is 0 Å². The molecular weight excluding hydrogens is 242 g/mol. The maximum Gasteiger partial charge on any atom is 0.317 e. The summed E-state index contributed by atoms with van der Waals surface area (Å²) >= 11 is 5.90. The number of likely N-dealkylation sites (N-methyl/N-ethyl adjacent to an activating group) is 1. The van der Waals surface area contributed by atoms with Crippen molar-refractivity contribution in [3.63, 3.8) is 0 Å². The fourth-order valence-electron chi connectivity index (χ4n) is 2.03. The van der Waals surface area contributed by atoms with Gasteiger partial charge in [-0.15, -0.1) is 0 Å². The molecule has 0 aromatic heterocycles. The van der Waals surface area contributed by atoms with Gasteiger partial charge in [0.15, 0.2) is 0 Å². The van der Waals surface area contributed by atoms with Crippen molar-refractivity contribution in [1.82, 2.24) is 4.90 Å². The molecule has 0 radical (unpaired) electrons. The van der Waals surface area contributed by atoms with Crippen molar-refractivity contribution in [2.75, 3.05) is 20.1 Å². The topological polar surface area (TPSA) is 49.8 Å². The van der Waals surface area contributed by atoms with E-state index in [0.717, 1.165) is 17.7 Å². The predicted octanol–water partition coefficient (Wildman–Crippen LogP) is 1.66. The van der Waals surface area contributed by atoms with Gasteiger partial charge in [-0.2, -0.15) is 0 Å². The molecule has 4 nitrogen and oxygen atoms in total. The molecule has 0 spiro atoms. The Bertz CT molecular complexity index is 436. The second-order valence-electron chi connectivity index (χ2n) is 4.29. The Morgan fingerprint density at radius 1 is 1.65 bits per heavy atom. The van der Waals surface area contributed by atoms with E-state index in [9.17, 15) is 4.79 Å². The van der Waals surface area contributed by atoms with Gasteiger partial charge in [0.1, 0.15) is 11.9 Å². The Morgan fingerprint density at radius 2 is 2.41 bits per heavy atom. The van der Waals surface area contributed by atoms with Gasteiger partial charge >= 0.3 is 5.97 Å². The average molecular weight is 256 g/mol. The summed E-state index contributed by atoms with van der Waals surface area (Å²) in [5, 5.41) is 9.37. The molecule has 1 heterocycles. The maximum atomic E-state index is 10.5. The highest BCUT2D eigenvalue weighted by atomic mass is 35.5. The predicted molar refractivity (Wildman–Crippen MR) is 64.7 cm³/mol. The van der Waals surface area contributed by atoms with Crippen LogP contribution >= 0.6 is 11.6 Å². The molecule has 1 aromatic rings. The van der Waals surface area contributed by atoms with Gasteiger partial charge in [-0.3, -0.25) is 9.69 Å². The Morgan fingerprint density at radius 3 is 3.12 bits per heavy atom. The quantitative estimate of drug-likeness (QED) is 0.889. The first-order chi connectivity index (χ1) is 8.04. The third-order valence-corrected chi connectivity index (χ3v) is 2.92. The minimum Gasteiger partial charge on any atom is -0.488 e. The summed E-state index contributed by atoms with van der Waals surface area (Å²) in [4.78, 5) is 12.3. The lowest BCUT2D eigenvalue weighted by Crippen LogP contribution is -2.35. The Labute approximate surface area is 105 Å². The molecule has 1 atom stereocenters. The highest BCUT2D eigenvalue weighted by molar-refractivity contribution is 6.30. The standard InChI is InChI=1S/C12H14ClNO3/c1-14(7-12(15)16)6-10-5-8-4-9(13)2-3-11(8)17-10/h2-4,10H,5-7H2,1H3,(H,15,16). The molecule has 0 bridgehead atoms. The summed E-state index contributed by atoms with van der Waals surface area (Å²) in [7, 11) is 1.77. The summed E-state index contributed by atoms with van der Waals surface area (Å²) in [5.74, 6) is 0.0224. The maximum absolute atomic E-state index is 10.5. The van der Waals surface area contributed by atoms with E-state index >= 15 is 0 Å². The molecule has 1 unspecified atom stereocenters. The van der Waals surface area contributed by atoms with Gasteiger partial charge in [-0.1, -0.05) is 11.6 Å². The van der Waals surface area contributed by atoms with Gasteiger partial charge in [-0.05, 0) is 30.8 Å². The molecule has 0 amide bonds. The van der Waals surface area contributed by atoms with Crippen LogP contribution in [0.2, 0.25) is 5.02 Å². The second-order valence-corrected chi connectivity index (χ2v) is 4.72. The van der Waals surface area contributed by atoms with Crippen molar-refractivity contribution >= 4 is 17.6 Å². The highest BCUT2D eigenvalue weighted by Gasteiger charge is 2.24. The molecule has 0 saturated heterocycles. The minimum absolute atomic E-state index is 0.00724. The number of carboxylic acids is 1. The molecule has 17 heavy (non-hydrogen) atoms.